The molecule has 0 saturated heterocycles. The van der Waals surface area contributed by atoms with Crippen molar-refractivity contribution in [2.75, 3.05) is 33.5 Å². The highest BCUT2D eigenvalue weighted by molar-refractivity contribution is 5.18. The molecule has 18 heavy (non-hydrogen) atoms. The minimum Gasteiger partial charge on any atom is -0.383 e. The molecule has 1 aromatic carbocycles. The monoisotopic (exact) mass is 249 g/mol. The fourth-order valence-corrected chi connectivity index (χ4v) is 1.70. The normalized spacial score (nSPS) is 12.3. The van der Waals surface area contributed by atoms with E-state index in [1.165, 1.54) is 5.56 Å². The molecule has 0 bridgehead atoms. The van der Waals surface area contributed by atoms with Crippen LogP contribution in [0, 0.1) is 0 Å². The second kappa shape index (κ2) is 9.83. The number of ether oxygens (including phenoxy) is 2. The van der Waals surface area contributed by atoms with Gasteiger partial charge < -0.3 is 14.8 Å². The van der Waals surface area contributed by atoms with Crippen molar-refractivity contribution in [3.05, 3.63) is 48.6 Å². The Morgan fingerprint density at radius 1 is 1.28 bits per heavy atom. The fraction of sp³-hybridized carbons (Fsp3) is 0.467. The molecule has 1 unspecified atom stereocenters. The van der Waals surface area contributed by atoms with Crippen molar-refractivity contribution in [2.24, 2.45) is 0 Å². The smallest absolute Gasteiger partial charge is 0.0657 e. The van der Waals surface area contributed by atoms with Crippen LogP contribution >= 0.6 is 0 Å². The van der Waals surface area contributed by atoms with Gasteiger partial charge in [-0.2, -0.15) is 0 Å². The Kier molecular flexibility index (Phi) is 8.13. The Labute approximate surface area is 110 Å². The van der Waals surface area contributed by atoms with E-state index in [-0.39, 0.29) is 6.04 Å². The van der Waals surface area contributed by atoms with Gasteiger partial charge in [-0.3, -0.25) is 0 Å². The lowest BCUT2D eigenvalue weighted by molar-refractivity contribution is 0.127. The van der Waals surface area contributed by atoms with Gasteiger partial charge in [0.15, 0.2) is 0 Å². The minimum atomic E-state index is 0.221. The second-order valence-corrected chi connectivity index (χ2v) is 4.06. The predicted molar refractivity (Wildman–Crippen MR) is 74.7 cm³/mol. The maximum atomic E-state index is 5.46. The summed E-state index contributed by atoms with van der Waals surface area (Å²) in [5.41, 5.74) is 1.24. The first kappa shape index (κ1) is 14.9. The highest BCUT2D eigenvalue weighted by atomic mass is 16.5. The molecular formula is C15H23NO2. The molecule has 0 aliphatic rings. The van der Waals surface area contributed by atoms with E-state index in [0.29, 0.717) is 13.2 Å². The lowest BCUT2D eigenvalue weighted by Crippen LogP contribution is -2.28. The molecule has 0 aliphatic heterocycles. The van der Waals surface area contributed by atoms with E-state index in [1.54, 1.807) is 7.11 Å². The topological polar surface area (TPSA) is 30.5 Å². The van der Waals surface area contributed by atoms with Gasteiger partial charge in [0.25, 0.3) is 0 Å². The van der Waals surface area contributed by atoms with E-state index in [9.17, 15) is 0 Å². The molecule has 0 radical (unpaired) electrons. The van der Waals surface area contributed by atoms with Crippen molar-refractivity contribution in [3.8, 4) is 0 Å². The van der Waals surface area contributed by atoms with Crippen LogP contribution in [-0.4, -0.2) is 33.5 Å². The zero-order chi connectivity index (χ0) is 13.1. The van der Waals surface area contributed by atoms with Crippen molar-refractivity contribution < 1.29 is 9.47 Å². The largest absolute Gasteiger partial charge is 0.383 e. The second-order valence-electron chi connectivity index (χ2n) is 4.06. The van der Waals surface area contributed by atoms with Gasteiger partial charge in [-0.1, -0.05) is 36.4 Å². The first-order chi connectivity index (χ1) is 8.88. The highest BCUT2D eigenvalue weighted by Gasteiger charge is 2.09. The number of methoxy groups -OCH3 is 1. The van der Waals surface area contributed by atoms with E-state index in [2.05, 4.69) is 24.0 Å². The molecular weight excluding hydrogens is 226 g/mol. The molecule has 0 saturated carbocycles. The summed E-state index contributed by atoms with van der Waals surface area (Å²) in [4.78, 5) is 0. The Balaban J connectivity index is 2.28. The Morgan fingerprint density at radius 2 is 2.06 bits per heavy atom. The maximum absolute atomic E-state index is 5.46. The van der Waals surface area contributed by atoms with Crippen LogP contribution in [0.15, 0.2) is 43.0 Å². The molecule has 1 N–H and O–H groups in total. The molecule has 0 aliphatic carbocycles. The van der Waals surface area contributed by atoms with Crippen LogP contribution in [0.3, 0.4) is 0 Å². The number of hydrogen-bond donors (Lipinski definition) is 1. The lowest BCUT2D eigenvalue weighted by Gasteiger charge is -2.18. The molecule has 0 spiro atoms. The summed E-state index contributed by atoms with van der Waals surface area (Å²) in [5.74, 6) is 0. The number of hydrogen-bond acceptors (Lipinski definition) is 3. The zero-order valence-corrected chi connectivity index (χ0v) is 11.1. The van der Waals surface area contributed by atoms with Crippen LogP contribution in [-0.2, 0) is 9.47 Å². The SMILES string of the molecule is C=CCCOCCNC(COC)c1ccccc1. The third kappa shape index (κ3) is 5.96. The fourth-order valence-electron chi connectivity index (χ4n) is 1.70. The molecule has 0 aromatic heterocycles. The quantitative estimate of drug-likeness (QED) is 0.510. The van der Waals surface area contributed by atoms with Crippen molar-refractivity contribution in [1.29, 1.82) is 0 Å². The number of nitrogens with one attached hydrogen (secondary N) is 1. The molecule has 3 heteroatoms. The summed E-state index contributed by atoms with van der Waals surface area (Å²) >= 11 is 0. The average molecular weight is 249 g/mol. The van der Waals surface area contributed by atoms with Crippen molar-refractivity contribution in [3.63, 3.8) is 0 Å². The number of benzene rings is 1. The summed E-state index contributed by atoms with van der Waals surface area (Å²) in [6, 6.07) is 10.5. The number of rotatable bonds is 10. The Bertz CT molecular complexity index is 314. The van der Waals surface area contributed by atoms with Crippen LogP contribution in [0.5, 0.6) is 0 Å². The van der Waals surface area contributed by atoms with Crippen molar-refractivity contribution in [1.82, 2.24) is 5.32 Å². The average Bonchev–Trinajstić information content (AvgIpc) is 2.42. The summed E-state index contributed by atoms with van der Waals surface area (Å²) in [5, 5.41) is 3.44. The molecule has 0 heterocycles. The third-order valence-electron chi connectivity index (χ3n) is 2.64. The summed E-state index contributed by atoms with van der Waals surface area (Å²) < 4.78 is 10.7. The van der Waals surface area contributed by atoms with Gasteiger partial charge in [0.05, 0.1) is 25.9 Å². The maximum Gasteiger partial charge on any atom is 0.0657 e. The Morgan fingerprint density at radius 3 is 2.72 bits per heavy atom. The summed E-state index contributed by atoms with van der Waals surface area (Å²) in [6.45, 7) is 6.59. The molecule has 1 aromatic rings. The van der Waals surface area contributed by atoms with Crippen molar-refractivity contribution >= 4 is 0 Å². The van der Waals surface area contributed by atoms with Gasteiger partial charge in [-0.25, -0.2) is 0 Å². The van der Waals surface area contributed by atoms with E-state index in [4.69, 9.17) is 9.47 Å². The van der Waals surface area contributed by atoms with Gasteiger partial charge in [0, 0.05) is 13.7 Å². The Hall–Kier alpha value is -1.16. The van der Waals surface area contributed by atoms with Crippen LogP contribution in [0.2, 0.25) is 0 Å². The van der Waals surface area contributed by atoms with E-state index in [0.717, 1.165) is 19.6 Å². The van der Waals surface area contributed by atoms with Gasteiger partial charge in [-0.05, 0) is 12.0 Å². The van der Waals surface area contributed by atoms with Gasteiger partial charge in [0.2, 0.25) is 0 Å². The highest BCUT2D eigenvalue weighted by Crippen LogP contribution is 2.12. The predicted octanol–water partition coefficient (Wildman–Crippen LogP) is 2.56. The first-order valence-electron chi connectivity index (χ1n) is 6.34. The third-order valence-corrected chi connectivity index (χ3v) is 2.64. The molecule has 1 rings (SSSR count). The molecule has 100 valence electrons. The zero-order valence-electron chi connectivity index (χ0n) is 11.1. The van der Waals surface area contributed by atoms with Gasteiger partial charge in [-0.15, -0.1) is 6.58 Å². The molecule has 0 fully saturated rings. The van der Waals surface area contributed by atoms with Crippen LogP contribution in [0.1, 0.15) is 18.0 Å². The first-order valence-corrected chi connectivity index (χ1v) is 6.34. The van der Waals surface area contributed by atoms with Crippen LogP contribution in [0.25, 0.3) is 0 Å². The summed E-state index contributed by atoms with van der Waals surface area (Å²) in [6.07, 6.45) is 2.77. The van der Waals surface area contributed by atoms with E-state index >= 15 is 0 Å². The van der Waals surface area contributed by atoms with Crippen LogP contribution in [0.4, 0.5) is 0 Å². The molecule has 3 nitrogen and oxygen atoms in total. The van der Waals surface area contributed by atoms with Gasteiger partial charge >= 0.3 is 0 Å². The molecule has 0 amide bonds. The molecule has 1 atom stereocenters. The van der Waals surface area contributed by atoms with Crippen LogP contribution < -0.4 is 5.32 Å². The lowest BCUT2D eigenvalue weighted by atomic mass is 10.1. The minimum absolute atomic E-state index is 0.221. The van der Waals surface area contributed by atoms with E-state index in [1.807, 2.05) is 24.3 Å². The van der Waals surface area contributed by atoms with E-state index < -0.39 is 0 Å². The van der Waals surface area contributed by atoms with Gasteiger partial charge in [0.1, 0.15) is 0 Å². The standard InChI is InChI=1S/C15H23NO2/c1-3-4-11-18-12-10-16-15(13-17-2)14-8-6-5-7-9-14/h3,5-9,15-16H,1,4,10-13H2,2H3. The van der Waals surface area contributed by atoms with Crippen molar-refractivity contribution in [2.45, 2.75) is 12.5 Å². The summed E-state index contributed by atoms with van der Waals surface area (Å²) in [7, 11) is 1.72.